The summed E-state index contributed by atoms with van der Waals surface area (Å²) in [6.07, 6.45) is 23.8. The fourth-order valence-electron chi connectivity index (χ4n) is 5.08. The van der Waals surface area contributed by atoms with Crippen molar-refractivity contribution < 1.29 is 0 Å². The minimum Gasteiger partial charge on any atom is -0.0888 e. The molecule has 0 spiro atoms. The van der Waals surface area contributed by atoms with Crippen molar-refractivity contribution in [1.29, 1.82) is 0 Å². The molecule has 0 aromatic rings. The maximum absolute atomic E-state index is 2.51. The molecule has 5 atom stereocenters. The number of hydrogen-bond donors (Lipinski definition) is 0. The summed E-state index contributed by atoms with van der Waals surface area (Å²) in [5.74, 6) is 3.87. The van der Waals surface area contributed by atoms with E-state index in [0.29, 0.717) is 0 Å². The van der Waals surface area contributed by atoms with E-state index in [-0.39, 0.29) is 0 Å². The van der Waals surface area contributed by atoms with E-state index in [4.69, 9.17) is 0 Å². The molecule has 0 heterocycles. The Kier molecular flexibility index (Phi) is 18.3. The largest absolute Gasteiger partial charge is 0.0888 e. The molecule has 0 radical (unpaired) electrons. The Balaban J connectivity index is 5.50. The second-order valence-electron chi connectivity index (χ2n) is 10.4. The standard InChI is InChI=1S/C31H58/c1-10-14-17-18-19-23-31(26(6)22-16-12-3)29(9)30(20-13-4)24-27(7)28(8)25(5)21-15-11-2/h13-14,17,20,25-28,31H,10-12,15-16,18-19,21-24H2,1-9H3. The lowest BCUT2D eigenvalue weighted by Crippen LogP contribution is -2.19. The van der Waals surface area contributed by atoms with E-state index in [9.17, 15) is 0 Å². The van der Waals surface area contributed by atoms with Gasteiger partial charge >= 0.3 is 0 Å². The monoisotopic (exact) mass is 430 g/mol. The maximum Gasteiger partial charge on any atom is -0.0174 e. The predicted octanol–water partition coefficient (Wildman–Crippen LogP) is 10.9. The van der Waals surface area contributed by atoms with Crippen molar-refractivity contribution in [2.45, 2.75) is 133 Å². The Hall–Kier alpha value is -0.780. The molecule has 31 heavy (non-hydrogen) atoms. The van der Waals surface area contributed by atoms with Gasteiger partial charge in [0, 0.05) is 0 Å². The minimum absolute atomic E-state index is 0.729. The Morgan fingerprint density at radius 1 is 0.742 bits per heavy atom. The van der Waals surface area contributed by atoms with Gasteiger partial charge in [-0.1, -0.05) is 117 Å². The van der Waals surface area contributed by atoms with Crippen molar-refractivity contribution in [3.8, 4) is 0 Å². The van der Waals surface area contributed by atoms with Crippen LogP contribution in [0.25, 0.3) is 0 Å². The highest BCUT2D eigenvalue weighted by molar-refractivity contribution is 5.27. The van der Waals surface area contributed by atoms with Crippen molar-refractivity contribution in [2.24, 2.45) is 29.6 Å². The Morgan fingerprint density at radius 3 is 1.90 bits per heavy atom. The van der Waals surface area contributed by atoms with E-state index in [2.05, 4.69) is 86.6 Å². The van der Waals surface area contributed by atoms with Crippen molar-refractivity contribution in [2.75, 3.05) is 0 Å². The molecule has 0 nitrogen and oxygen atoms in total. The zero-order valence-corrected chi connectivity index (χ0v) is 23.0. The highest BCUT2D eigenvalue weighted by Crippen LogP contribution is 2.36. The Labute approximate surface area is 198 Å². The quantitative estimate of drug-likeness (QED) is 0.115. The summed E-state index contributed by atoms with van der Waals surface area (Å²) in [6.45, 7) is 21.5. The van der Waals surface area contributed by atoms with Crippen LogP contribution in [0.4, 0.5) is 0 Å². The van der Waals surface area contributed by atoms with Crippen LogP contribution in [0.3, 0.4) is 0 Å². The van der Waals surface area contributed by atoms with E-state index in [1.165, 1.54) is 64.2 Å². The lowest BCUT2D eigenvalue weighted by Gasteiger charge is -2.30. The molecule has 0 saturated carbocycles. The fraction of sp³-hybridized carbons (Fsp3) is 0.806. The molecule has 0 saturated heterocycles. The first-order valence-electron chi connectivity index (χ1n) is 13.8. The number of hydrogen-bond acceptors (Lipinski definition) is 0. The zero-order valence-electron chi connectivity index (χ0n) is 23.0. The molecule has 0 aliphatic rings. The molecule has 0 amide bonds. The van der Waals surface area contributed by atoms with Crippen LogP contribution >= 0.6 is 0 Å². The summed E-state index contributed by atoms with van der Waals surface area (Å²) in [7, 11) is 0. The first kappa shape index (κ1) is 30.2. The van der Waals surface area contributed by atoms with Crippen molar-refractivity contribution in [3.05, 3.63) is 35.5 Å². The highest BCUT2D eigenvalue weighted by atomic mass is 14.3. The van der Waals surface area contributed by atoms with E-state index in [1.807, 2.05) is 0 Å². The summed E-state index contributed by atoms with van der Waals surface area (Å²) >= 11 is 0. The third-order valence-electron chi connectivity index (χ3n) is 7.77. The SMILES string of the molecule is CC=CC(CC(C)C(C)C(C)CCCC)=C(C)C(CCCC=CCC)C(C)CCCC. The van der Waals surface area contributed by atoms with E-state index in [0.717, 1.165) is 36.0 Å². The van der Waals surface area contributed by atoms with Gasteiger partial charge in [0.15, 0.2) is 0 Å². The molecular formula is C31H58. The summed E-state index contributed by atoms with van der Waals surface area (Å²) in [5, 5.41) is 0. The van der Waals surface area contributed by atoms with Crippen molar-refractivity contribution in [3.63, 3.8) is 0 Å². The average molecular weight is 431 g/mol. The molecular weight excluding hydrogens is 372 g/mol. The van der Waals surface area contributed by atoms with E-state index < -0.39 is 0 Å². The lowest BCUT2D eigenvalue weighted by atomic mass is 9.75. The highest BCUT2D eigenvalue weighted by Gasteiger charge is 2.23. The van der Waals surface area contributed by atoms with Crippen LogP contribution in [-0.4, -0.2) is 0 Å². The molecule has 0 aliphatic carbocycles. The molecule has 0 fully saturated rings. The van der Waals surface area contributed by atoms with Gasteiger partial charge in [-0.25, -0.2) is 0 Å². The fourth-order valence-corrected chi connectivity index (χ4v) is 5.08. The Bertz CT molecular complexity index is 506. The van der Waals surface area contributed by atoms with Crippen LogP contribution in [0, 0.1) is 29.6 Å². The molecule has 0 heteroatoms. The van der Waals surface area contributed by atoms with E-state index >= 15 is 0 Å². The average Bonchev–Trinajstić information content (AvgIpc) is 2.76. The van der Waals surface area contributed by atoms with Crippen LogP contribution in [0.15, 0.2) is 35.5 Å². The third-order valence-corrected chi connectivity index (χ3v) is 7.77. The molecule has 0 bridgehead atoms. The molecule has 0 aromatic carbocycles. The van der Waals surface area contributed by atoms with Gasteiger partial charge in [0.2, 0.25) is 0 Å². The predicted molar refractivity (Wildman–Crippen MR) is 145 cm³/mol. The first-order chi connectivity index (χ1) is 14.8. The van der Waals surface area contributed by atoms with Crippen LogP contribution in [0.1, 0.15) is 133 Å². The smallest absolute Gasteiger partial charge is 0.0174 e. The second kappa shape index (κ2) is 18.8. The van der Waals surface area contributed by atoms with Gasteiger partial charge in [-0.05, 0) is 81.1 Å². The van der Waals surface area contributed by atoms with Gasteiger partial charge < -0.3 is 0 Å². The van der Waals surface area contributed by atoms with Gasteiger partial charge in [0.05, 0.1) is 0 Å². The lowest BCUT2D eigenvalue weighted by molar-refractivity contribution is 0.259. The summed E-state index contributed by atoms with van der Waals surface area (Å²) < 4.78 is 0. The molecule has 0 aliphatic heterocycles. The van der Waals surface area contributed by atoms with Crippen molar-refractivity contribution in [1.82, 2.24) is 0 Å². The van der Waals surface area contributed by atoms with Crippen LogP contribution in [0.5, 0.6) is 0 Å². The molecule has 0 rings (SSSR count). The molecule has 182 valence electrons. The summed E-state index contributed by atoms with van der Waals surface area (Å²) in [6, 6.07) is 0. The number of allylic oxidation sites excluding steroid dienone is 6. The number of rotatable bonds is 18. The van der Waals surface area contributed by atoms with E-state index in [1.54, 1.807) is 11.1 Å². The second-order valence-corrected chi connectivity index (χ2v) is 10.4. The first-order valence-corrected chi connectivity index (χ1v) is 13.8. The van der Waals surface area contributed by atoms with Crippen molar-refractivity contribution >= 4 is 0 Å². The van der Waals surface area contributed by atoms with Gasteiger partial charge in [-0.3, -0.25) is 0 Å². The van der Waals surface area contributed by atoms with Gasteiger partial charge in [-0.15, -0.1) is 0 Å². The third kappa shape index (κ3) is 12.7. The molecule has 0 N–H and O–H groups in total. The normalized spacial score (nSPS) is 18.2. The summed E-state index contributed by atoms with van der Waals surface area (Å²) in [5.41, 5.74) is 3.31. The van der Waals surface area contributed by atoms with Crippen LogP contribution < -0.4 is 0 Å². The van der Waals surface area contributed by atoms with Gasteiger partial charge in [0.25, 0.3) is 0 Å². The number of unbranched alkanes of at least 4 members (excludes halogenated alkanes) is 3. The van der Waals surface area contributed by atoms with Gasteiger partial charge in [-0.2, -0.15) is 0 Å². The van der Waals surface area contributed by atoms with Crippen LogP contribution in [0.2, 0.25) is 0 Å². The Morgan fingerprint density at radius 2 is 1.35 bits per heavy atom. The maximum atomic E-state index is 2.51. The zero-order chi connectivity index (χ0) is 23.6. The molecule has 0 aromatic heterocycles. The van der Waals surface area contributed by atoms with Crippen LogP contribution in [-0.2, 0) is 0 Å². The van der Waals surface area contributed by atoms with Gasteiger partial charge in [0.1, 0.15) is 0 Å². The topological polar surface area (TPSA) is 0 Å². The summed E-state index contributed by atoms with van der Waals surface area (Å²) in [4.78, 5) is 0. The molecule has 5 unspecified atom stereocenters. The minimum atomic E-state index is 0.729.